The highest BCUT2D eigenvalue weighted by molar-refractivity contribution is 7.89. The molecule has 2 aromatic rings. The summed E-state index contributed by atoms with van der Waals surface area (Å²) in [6, 6.07) is 11.9. The number of rotatable bonds is 8. The lowest BCUT2D eigenvalue weighted by atomic mass is 10.2. The van der Waals surface area contributed by atoms with E-state index >= 15 is 0 Å². The molecule has 2 aromatic carbocycles. The average molecular weight is 431 g/mol. The lowest BCUT2D eigenvalue weighted by Gasteiger charge is -2.19. The molecule has 0 bridgehead atoms. The van der Waals surface area contributed by atoms with Gasteiger partial charge in [0.25, 0.3) is 0 Å². The molecular weight excluding hydrogens is 404 g/mol. The topological polar surface area (TPSA) is 84.9 Å². The summed E-state index contributed by atoms with van der Waals surface area (Å²) < 4.78 is 38.2. The van der Waals surface area contributed by atoms with Gasteiger partial charge in [-0.25, -0.2) is 8.42 Å². The minimum Gasteiger partial charge on any atom is -0.497 e. The molecular formula is C22H26N2O5S. The second-order valence-corrected chi connectivity index (χ2v) is 8.71. The molecule has 1 aliphatic heterocycles. The summed E-state index contributed by atoms with van der Waals surface area (Å²) in [7, 11) is -2.09. The molecule has 1 amide bonds. The first-order valence-electron chi connectivity index (χ1n) is 9.84. The fourth-order valence-electron chi connectivity index (χ4n) is 3.20. The van der Waals surface area contributed by atoms with E-state index in [0.29, 0.717) is 25.4 Å². The van der Waals surface area contributed by atoms with Crippen molar-refractivity contribution >= 4 is 27.7 Å². The fourth-order valence-corrected chi connectivity index (χ4v) is 4.87. The van der Waals surface area contributed by atoms with Crippen molar-refractivity contribution in [2.45, 2.75) is 24.7 Å². The Morgan fingerprint density at radius 1 is 1.13 bits per heavy atom. The van der Waals surface area contributed by atoms with Gasteiger partial charge in [-0.1, -0.05) is 12.1 Å². The number of amides is 1. The molecule has 0 saturated carbocycles. The summed E-state index contributed by atoms with van der Waals surface area (Å²) in [5.74, 6) is 0.661. The first kappa shape index (κ1) is 21.9. The minimum absolute atomic E-state index is 0.0724. The lowest BCUT2D eigenvalue weighted by Crippen LogP contribution is -2.28. The van der Waals surface area contributed by atoms with Crippen LogP contribution < -0.4 is 14.8 Å². The van der Waals surface area contributed by atoms with Crippen LogP contribution in [0.25, 0.3) is 6.08 Å². The van der Waals surface area contributed by atoms with Gasteiger partial charge in [0.1, 0.15) is 16.4 Å². The molecule has 3 rings (SSSR count). The molecule has 7 nitrogen and oxygen atoms in total. The number of ether oxygens (including phenoxy) is 2. The highest BCUT2D eigenvalue weighted by atomic mass is 32.2. The monoisotopic (exact) mass is 430 g/mol. The van der Waals surface area contributed by atoms with Gasteiger partial charge in [0.2, 0.25) is 15.9 Å². The number of carbonyl (C=O) groups excluding carboxylic acids is 1. The second kappa shape index (κ2) is 9.77. The van der Waals surface area contributed by atoms with Gasteiger partial charge in [0.15, 0.2) is 0 Å². The number of methoxy groups -OCH3 is 1. The van der Waals surface area contributed by atoms with Crippen molar-refractivity contribution in [1.29, 1.82) is 0 Å². The van der Waals surface area contributed by atoms with Crippen LogP contribution in [0, 0.1) is 0 Å². The maximum atomic E-state index is 13.0. The molecule has 0 spiro atoms. The van der Waals surface area contributed by atoms with E-state index in [-0.39, 0.29) is 16.6 Å². The Kier molecular flexibility index (Phi) is 7.12. The molecule has 30 heavy (non-hydrogen) atoms. The van der Waals surface area contributed by atoms with Crippen LogP contribution in [0.1, 0.15) is 25.3 Å². The van der Waals surface area contributed by atoms with Crippen molar-refractivity contribution < 1.29 is 22.7 Å². The summed E-state index contributed by atoms with van der Waals surface area (Å²) in [4.78, 5) is 12.4. The molecule has 0 aliphatic carbocycles. The largest absolute Gasteiger partial charge is 0.497 e. The third-order valence-corrected chi connectivity index (χ3v) is 6.66. The molecule has 1 aliphatic rings. The normalized spacial score (nSPS) is 14.7. The molecule has 0 aromatic heterocycles. The van der Waals surface area contributed by atoms with Gasteiger partial charge in [-0.05, 0) is 61.7 Å². The summed E-state index contributed by atoms with van der Waals surface area (Å²) in [6.07, 6.45) is 4.75. The van der Waals surface area contributed by atoms with Gasteiger partial charge in [0.05, 0.1) is 13.7 Å². The quantitative estimate of drug-likeness (QED) is 0.648. The number of carbonyl (C=O) groups is 1. The predicted molar refractivity (Wildman–Crippen MR) is 116 cm³/mol. The number of sulfonamides is 1. The lowest BCUT2D eigenvalue weighted by molar-refractivity contribution is -0.111. The standard InChI is InChI=1S/C22H26N2O5S/c1-3-29-20-12-9-18(16-21(20)30(26,27)24-14-4-5-15-24)23-22(25)13-8-17-6-10-19(28-2)11-7-17/h6-13,16H,3-5,14-15H2,1-2H3,(H,23,25). The van der Waals surface area contributed by atoms with E-state index < -0.39 is 10.0 Å². The van der Waals surface area contributed by atoms with Crippen LogP contribution in [-0.4, -0.2) is 45.4 Å². The molecule has 0 radical (unpaired) electrons. The first-order chi connectivity index (χ1) is 14.4. The number of hydrogen-bond donors (Lipinski definition) is 1. The molecule has 1 fully saturated rings. The van der Waals surface area contributed by atoms with Crippen molar-refractivity contribution in [3.63, 3.8) is 0 Å². The van der Waals surface area contributed by atoms with E-state index in [9.17, 15) is 13.2 Å². The van der Waals surface area contributed by atoms with Crippen LogP contribution in [0.3, 0.4) is 0 Å². The second-order valence-electron chi connectivity index (χ2n) is 6.80. The van der Waals surface area contributed by atoms with Gasteiger partial charge in [-0.2, -0.15) is 4.31 Å². The number of nitrogens with zero attached hydrogens (tertiary/aromatic N) is 1. The SMILES string of the molecule is CCOc1ccc(NC(=O)C=Cc2ccc(OC)cc2)cc1S(=O)(=O)N1CCCC1. The number of benzene rings is 2. The zero-order chi connectivity index (χ0) is 21.6. The van der Waals surface area contributed by atoms with E-state index in [1.54, 1.807) is 44.4 Å². The smallest absolute Gasteiger partial charge is 0.248 e. The third-order valence-electron chi connectivity index (χ3n) is 4.74. The summed E-state index contributed by atoms with van der Waals surface area (Å²) in [5.41, 5.74) is 1.23. The Morgan fingerprint density at radius 3 is 2.47 bits per heavy atom. The van der Waals surface area contributed by atoms with Crippen LogP contribution in [0.4, 0.5) is 5.69 Å². The van der Waals surface area contributed by atoms with Crippen LogP contribution in [-0.2, 0) is 14.8 Å². The van der Waals surface area contributed by atoms with Gasteiger partial charge < -0.3 is 14.8 Å². The van der Waals surface area contributed by atoms with Crippen LogP contribution in [0.15, 0.2) is 53.4 Å². The van der Waals surface area contributed by atoms with Crippen molar-refractivity contribution in [3.05, 3.63) is 54.1 Å². The molecule has 1 heterocycles. The van der Waals surface area contributed by atoms with E-state index in [1.165, 1.54) is 16.4 Å². The molecule has 8 heteroatoms. The predicted octanol–water partition coefficient (Wildman–Crippen LogP) is 3.53. The molecule has 1 N–H and O–H groups in total. The third kappa shape index (κ3) is 5.20. The van der Waals surface area contributed by atoms with E-state index in [0.717, 1.165) is 24.2 Å². The van der Waals surface area contributed by atoms with Gasteiger partial charge >= 0.3 is 0 Å². The van der Waals surface area contributed by atoms with Crippen LogP contribution in [0.5, 0.6) is 11.5 Å². The first-order valence-corrected chi connectivity index (χ1v) is 11.3. The van der Waals surface area contributed by atoms with Crippen molar-refractivity contribution in [2.24, 2.45) is 0 Å². The van der Waals surface area contributed by atoms with Crippen molar-refractivity contribution in [2.75, 3.05) is 32.1 Å². The van der Waals surface area contributed by atoms with Gasteiger partial charge in [-0.3, -0.25) is 4.79 Å². The highest BCUT2D eigenvalue weighted by Crippen LogP contribution is 2.31. The van der Waals surface area contributed by atoms with Crippen LogP contribution in [0.2, 0.25) is 0 Å². The zero-order valence-corrected chi connectivity index (χ0v) is 17.9. The molecule has 0 atom stereocenters. The summed E-state index contributed by atoms with van der Waals surface area (Å²) in [5, 5.41) is 2.72. The van der Waals surface area contributed by atoms with E-state index in [1.807, 2.05) is 12.1 Å². The van der Waals surface area contributed by atoms with Crippen molar-refractivity contribution in [1.82, 2.24) is 4.31 Å². The zero-order valence-electron chi connectivity index (χ0n) is 17.1. The van der Waals surface area contributed by atoms with Gasteiger partial charge in [0, 0.05) is 24.9 Å². The maximum Gasteiger partial charge on any atom is 0.248 e. The number of anilines is 1. The summed E-state index contributed by atoms with van der Waals surface area (Å²) in [6.45, 7) is 3.13. The number of hydrogen-bond acceptors (Lipinski definition) is 5. The molecule has 1 saturated heterocycles. The fraction of sp³-hybridized carbons (Fsp3) is 0.318. The van der Waals surface area contributed by atoms with Gasteiger partial charge in [-0.15, -0.1) is 0 Å². The maximum absolute atomic E-state index is 13.0. The molecule has 0 unspecified atom stereocenters. The molecule has 160 valence electrons. The minimum atomic E-state index is -3.68. The average Bonchev–Trinajstić information content (AvgIpc) is 3.30. The Labute approximate surface area is 177 Å². The summed E-state index contributed by atoms with van der Waals surface area (Å²) >= 11 is 0. The van der Waals surface area contributed by atoms with Crippen LogP contribution >= 0.6 is 0 Å². The van der Waals surface area contributed by atoms with Crippen molar-refractivity contribution in [3.8, 4) is 11.5 Å². The Morgan fingerprint density at radius 2 is 1.83 bits per heavy atom. The highest BCUT2D eigenvalue weighted by Gasteiger charge is 2.30. The Hall–Kier alpha value is -2.84. The Bertz CT molecular complexity index is 1010. The van der Waals surface area contributed by atoms with E-state index in [4.69, 9.17) is 9.47 Å². The van der Waals surface area contributed by atoms with E-state index in [2.05, 4.69) is 5.32 Å². The Balaban J connectivity index is 1.78. The number of nitrogens with one attached hydrogen (secondary N) is 1.